The average molecular weight is 237 g/mol. The van der Waals surface area contributed by atoms with Crippen molar-refractivity contribution in [2.24, 2.45) is 5.10 Å². The number of hydrogen-bond donors (Lipinski definition) is 1. The Morgan fingerprint density at radius 1 is 1.47 bits per heavy atom. The summed E-state index contributed by atoms with van der Waals surface area (Å²) in [4.78, 5) is 22.5. The predicted octanol–water partition coefficient (Wildman–Crippen LogP) is -0.138. The molecule has 0 aromatic rings. The Balaban J connectivity index is 0.00000196. The minimum Gasteiger partial charge on any atom is -0.469 e. The highest BCUT2D eigenvalue weighted by atomic mass is 35.5. The van der Waals surface area contributed by atoms with Crippen molar-refractivity contribution < 1.29 is 19.1 Å². The zero-order valence-electron chi connectivity index (χ0n) is 8.48. The van der Waals surface area contributed by atoms with Crippen molar-refractivity contribution in [2.75, 3.05) is 14.2 Å². The molecule has 0 aliphatic carbocycles. The van der Waals surface area contributed by atoms with Gasteiger partial charge in [-0.3, -0.25) is 10.2 Å². The molecule has 1 aliphatic heterocycles. The highest BCUT2D eigenvalue weighted by Crippen LogP contribution is 2.20. The van der Waals surface area contributed by atoms with Crippen molar-refractivity contribution in [3.63, 3.8) is 0 Å². The third-order valence-electron chi connectivity index (χ3n) is 2.06. The van der Waals surface area contributed by atoms with E-state index >= 15 is 0 Å². The number of ether oxygens (including phenoxy) is 2. The largest absolute Gasteiger partial charge is 0.469 e. The molecular weight excluding hydrogens is 224 g/mol. The monoisotopic (exact) mass is 236 g/mol. The summed E-state index contributed by atoms with van der Waals surface area (Å²) < 4.78 is 9.08. The molecule has 0 fully saturated rings. The maximum Gasteiger partial charge on any atom is 0.334 e. The van der Waals surface area contributed by atoms with Gasteiger partial charge < -0.3 is 9.47 Å². The molecule has 1 unspecified atom stereocenters. The van der Waals surface area contributed by atoms with Gasteiger partial charge in [0.1, 0.15) is 0 Å². The molecule has 86 valence electrons. The van der Waals surface area contributed by atoms with Crippen LogP contribution >= 0.6 is 12.4 Å². The molecule has 0 saturated heterocycles. The van der Waals surface area contributed by atoms with Crippen LogP contribution in [0.5, 0.6) is 0 Å². The lowest BCUT2D eigenvalue weighted by Gasteiger charge is -2.23. The zero-order chi connectivity index (χ0) is 10.6. The molecule has 1 N–H and O–H groups in total. The summed E-state index contributed by atoms with van der Waals surface area (Å²) >= 11 is 0. The summed E-state index contributed by atoms with van der Waals surface area (Å²) in [5, 5.41) is 3.71. The van der Waals surface area contributed by atoms with E-state index in [-0.39, 0.29) is 18.8 Å². The predicted molar refractivity (Wildman–Crippen MR) is 54.9 cm³/mol. The Hall–Kier alpha value is -1.30. The molecule has 0 radical (unpaired) electrons. The first-order valence-corrected chi connectivity index (χ1v) is 4.08. The molecule has 0 amide bonds. The van der Waals surface area contributed by atoms with E-state index < -0.39 is 17.5 Å². The van der Waals surface area contributed by atoms with Gasteiger partial charge >= 0.3 is 11.9 Å². The maximum absolute atomic E-state index is 11.4. The van der Waals surface area contributed by atoms with Gasteiger partial charge in [-0.2, -0.15) is 5.10 Å². The second-order valence-corrected chi connectivity index (χ2v) is 2.95. The second-order valence-electron chi connectivity index (χ2n) is 2.95. The average Bonchev–Trinajstić information content (AvgIpc) is 2.66. The fourth-order valence-electron chi connectivity index (χ4n) is 1.24. The number of carbonyl (C=O) groups excluding carboxylic acids is 2. The Kier molecular flexibility index (Phi) is 5.07. The normalized spacial score (nSPS) is 22.5. The summed E-state index contributed by atoms with van der Waals surface area (Å²) in [7, 11) is 2.53. The van der Waals surface area contributed by atoms with E-state index in [1.165, 1.54) is 20.4 Å². The molecule has 0 bridgehead atoms. The van der Waals surface area contributed by atoms with Gasteiger partial charge in [0.15, 0.2) is 5.54 Å². The van der Waals surface area contributed by atoms with Gasteiger partial charge in [-0.25, -0.2) is 4.79 Å². The summed E-state index contributed by atoms with van der Waals surface area (Å²) in [6.45, 7) is 0. The van der Waals surface area contributed by atoms with Crippen LogP contribution in [0.25, 0.3) is 0 Å². The van der Waals surface area contributed by atoms with Crippen LogP contribution in [0.1, 0.15) is 12.8 Å². The van der Waals surface area contributed by atoms with E-state index in [0.29, 0.717) is 6.42 Å². The molecule has 1 heterocycles. The van der Waals surface area contributed by atoms with Gasteiger partial charge in [-0.05, 0) is 0 Å². The zero-order valence-corrected chi connectivity index (χ0v) is 9.30. The molecule has 15 heavy (non-hydrogen) atoms. The van der Waals surface area contributed by atoms with Crippen molar-refractivity contribution in [1.29, 1.82) is 0 Å². The Morgan fingerprint density at radius 3 is 2.53 bits per heavy atom. The summed E-state index contributed by atoms with van der Waals surface area (Å²) in [6, 6.07) is 0. The maximum atomic E-state index is 11.4. The van der Waals surface area contributed by atoms with E-state index in [4.69, 9.17) is 0 Å². The minimum absolute atomic E-state index is 0. The first-order chi connectivity index (χ1) is 6.64. The Morgan fingerprint density at radius 2 is 2.13 bits per heavy atom. The fraction of sp³-hybridized carbons (Fsp3) is 0.625. The van der Waals surface area contributed by atoms with Crippen LogP contribution in [-0.2, 0) is 19.1 Å². The van der Waals surface area contributed by atoms with Gasteiger partial charge in [-0.15, -0.1) is 12.4 Å². The minimum atomic E-state index is -1.08. The molecule has 0 spiro atoms. The standard InChI is InChI=1S/C8H12N2O4.ClH/c1-13-6(11)5-8(7(12)14-2)3-4-9-10-8;/h4,10H,3,5H2,1-2H3;1H. The number of esters is 2. The summed E-state index contributed by atoms with van der Waals surface area (Å²) in [5.41, 5.74) is 1.50. The smallest absolute Gasteiger partial charge is 0.334 e. The number of nitrogens with one attached hydrogen (secondary N) is 1. The number of hydrogen-bond acceptors (Lipinski definition) is 6. The van der Waals surface area contributed by atoms with Crippen molar-refractivity contribution >= 4 is 30.6 Å². The van der Waals surface area contributed by atoms with E-state index in [0.717, 1.165) is 0 Å². The molecule has 0 aromatic heterocycles. The quantitative estimate of drug-likeness (QED) is 0.691. The number of rotatable bonds is 3. The number of methoxy groups -OCH3 is 2. The number of halogens is 1. The van der Waals surface area contributed by atoms with Crippen LogP contribution < -0.4 is 5.43 Å². The lowest BCUT2D eigenvalue weighted by molar-refractivity contribution is -0.154. The van der Waals surface area contributed by atoms with Crippen LogP contribution in [0.3, 0.4) is 0 Å². The number of hydrazone groups is 1. The summed E-state index contributed by atoms with van der Waals surface area (Å²) in [6.07, 6.45) is 1.77. The molecule has 1 rings (SSSR count). The lowest BCUT2D eigenvalue weighted by Crippen LogP contribution is -2.49. The van der Waals surface area contributed by atoms with Crippen molar-refractivity contribution in [3.8, 4) is 0 Å². The van der Waals surface area contributed by atoms with Crippen molar-refractivity contribution in [1.82, 2.24) is 5.43 Å². The van der Waals surface area contributed by atoms with E-state index in [9.17, 15) is 9.59 Å². The molecule has 7 heteroatoms. The molecule has 1 atom stereocenters. The van der Waals surface area contributed by atoms with E-state index in [1.807, 2.05) is 0 Å². The lowest BCUT2D eigenvalue weighted by atomic mass is 9.93. The first-order valence-electron chi connectivity index (χ1n) is 4.08. The van der Waals surface area contributed by atoms with Crippen molar-refractivity contribution in [3.05, 3.63) is 0 Å². The van der Waals surface area contributed by atoms with Gasteiger partial charge in [0.2, 0.25) is 0 Å². The van der Waals surface area contributed by atoms with Gasteiger partial charge in [0, 0.05) is 12.6 Å². The fourth-order valence-corrected chi connectivity index (χ4v) is 1.24. The SMILES string of the molecule is COC(=O)CC1(C(=O)OC)CC=NN1.Cl. The van der Waals surface area contributed by atoms with Crippen LogP contribution in [0.2, 0.25) is 0 Å². The van der Waals surface area contributed by atoms with Gasteiger partial charge in [-0.1, -0.05) is 0 Å². The number of carbonyl (C=O) groups is 2. The molecular formula is C8H13ClN2O4. The topological polar surface area (TPSA) is 77.0 Å². The highest BCUT2D eigenvalue weighted by molar-refractivity contribution is 5.91. The van der Waals surface area contributed by atoms with Gasteiger partial charge in [0.05, 0.1) is 20.6 Å². The third kappa shape index (κ3) is 2.82. The van der Waals surface area contributed by atoms with Crippen LogP contribution in [0, 0.1) is 0 Å². The first kappa shape index (κ1) is 13.7. The van der Waals surface area contributed by atoms with Crippen LogP contribution in [0.15, 0.2) is 5.10 Å². The molecule has 1 aliphatic rings. The second kappa shape index (κ2) is 5.55. The highest BCUT2D eigenvalue weighted by Gasteiger charge is 2.43. The Labute approximate surface area is 93.4 Å². The molecule has 6 nitrogen and oxygen atoms in total. The third-order valence-corrected chi connectivity index (χ3v) is 2.06. The molecule has 0 aromatic carbocycles. The van der Waals surface area contributed by atoms with Crippen LogP contribution in [0.4, 0.5) is 0 Å². The van der Waals surface area contributed by atoms with E-state index in [1.54, 1.807) is 0 Å². The van der Waals surface area contributed by atoms with Crippen LogP contribution in [-0.4, -0.2) is 37.9 Å². The van der Waals surface area contributed by atoms with Crippen molar-refractivity contribution in [2.45, 2.75) is 18.4 Å². The molecule has 0 saturated carbocycles. The number of nitrogens with zero attached hydrogens (tertiary/aromatic N) is 1. The summed E-state index contributed by atoms with van der Waals surface area (Å²) in [5.74, 6) is -0.992. The van der Waals surface area contributed by atoms with E-state index in [2.05, 4.69) is 20.0 Å². The Bertz CT molecular complexity index is 272. The van der Waals surface area contributed by atoms with Gasteiger partial charge in [0.25, 0.3) is 0 Å².